The van der Waals surface area contributed by atoms with Gasteiger partial charge in [0, 0.05) is 0 Å². The molecule has 0 nitrogen and oxygen atoms in total. The van der Waals surface area contributed by atoms with Crippen molar-refractivity contribution in [2.75, 3.05) is 0 Å². The van der Waals surface area contributed by atoms with Crippen LogP contribution in [0, 0.1) is 0 Å². The summed E-state index contributed by atoms with van der Waals surface area (Å²) in [4.78, 5) is 0. The third kappa shape index (κ3) is 1.24. The van der Waals surface area contributed by atoms with Crippen molar-refractivity contribution >= 4 is 0 Å². The zero-order chi connectivity index (χ0) is 6.69. The van der Waals surface area contributed by atoms with Crippen molar-refractivity contribution in [2.24, 2.45) is 0 Å². The van der Waals surface area contributed by atoms with Gasteiger partial charge in [0.15, 0.2) is 0 Å². The molecular formula is C9H14. The topological polar surface area (TPSA) is 0 Å². The monoisotopic (exact) mass is 122 g/mol. The van der Waals surface area contributed by atoms with Gasteiger partial charge in [0.05, 0.1) is 0 Å². The van der Waals surface area contributed by atoms with Gasteiger partial charge in [0.1, 0.15) is 0 Å². The second kappa shape index (κ2) is 2.86. The van der Waals surface area contributed by atoms with Crippen LogP contribution < -0.4 is 0 Å². The van der Waals surface area contributed by atoms with Crippen LogP contribution in [0.3, 0.4) is 0 Å². The van der Waals surface area contributed by atoms with Crippen molar-refractivity contribution in [3.63, 3.8) is 0 Å². The molecule has 0 heterocycles. The van der Waals surface area contributed by atoms with Gasteiger partial charge in [-0.05, 0) is 44.3 Å². The molecular weight excluding hydrogens is 108 g/mol. The van der Waals surface area contributed by atoms with Crippen molar-refractivity contribution in [3.8, 4) is 0 Å². The van der Waals surface area contributed by atoms with E-state index in [9.17, 15) is 0 Å². The number of rotatable bonds is 0. The summed E-state index contributed by atoms with van der Waals surface area (Å²) in [6.45, 7) is 4.26. The summed E-state index contributed by atoms with van der Waals surface area (Å²) in [5, 5.41) is 0. The third-order valence-electron chi connectivity index (χ3n) is 2.00. The van der Waals surface area contributed by atoms with Crippen molar-refractivity contribution in [2.45, 2.75) is 33.1 Å². The van der Waals surface area contributed by atoms with E-state index in [-0.39, 0.29) is 0 Å². The van der Waals surface area contributed by atoms with Gasteiger partial charge < -0.3 is 0 Å². The molecule has 9 heavy (non-hydrogen) atoms. The molecule has 1 saturated carbocycles. The summed E-state index contributed by atoms with van der Waals surface area (Å²) >= 11 is 0. The summed E-state index contributed by atoms with van der Waals surface area (Å²) in [7, 11) is 0. The van der Waals surface area contributed by atoms with Crippen LogP contribution in [-0.2, 0) is 0 Å². The van der Waals surface area contributed by atoms with E-state index in [1.165, 1.54) is 19.3 Å². The Morgan fingerprint density at radius 1 is 1.00 bits per heavy atom. The van der Waals surface area contributed by atoms with Gasteiger partial charge >= 0.3 is 0 Å². The lowest BCUT2D eigenvalue weighted by molar-refractivity contribution is 0.931. The van der Waals surface area contributed by atoms with E-state index < -0.39 is 0 Å². The van der Waals surface area contributed by atoms with Crippen molar-refractivity contribution in [1.82, 2.24) is 0 Å². The molecule has 0 radical (unpaired) electrons. The number of hydrogen-bond acceptors (Lipinski definition) is 0. The smallest absolute Gasteiger partial charge is 0.0276 e. The summed E-state index contributed by atoms with van der Waals surface area (Å²) in [5.74, 6) is 0. The molecule has 0 aromatic heterocycles. The van der Waals surface area contributed by atoms with E-state index in [0.29, 0.717) is 0 Å². The lowest BCUT2D eigenvalue weighted by Crippen LogP contribution is -1.74. The minimum Gasteiger partial charge on any atom is -0.0842 e. The lowest BCUT2D eigenvalue weighted by Gasteiger charge is -1.94. The maximum Gasteiger partial charge on any atom is -0.0276 e. The van der Waals surface area contributed by atoms with Gasteiger partial charge in [-0.15, -0.1) is 0 Å². The van der Waals surface area contributed by atoms with E-state index >= 15 is 0 Å². The zero-order valence-corrected chi connectivity index (χ0v) is 6.28. The molecule has 1 fully saturated rings. The van der Waals surface area contributed by atoms with Gasteiger partial charge in [-0.1, -0.05) is 12.2 Å². The van der Waals surface area contributed by atoms with Crippen molar-refractivity contribution in [3.05, 3.63) is 23.3 Å². The molecule has 0 spiro atoms. The predicted octanol–water partition coefficient (Wildman–Crippen LogP) is 3.06. The van der Waals surface area contributed by atoms with Gasteiger partial charge in [-0.2, -0.15) is 0 Å². The molecule has 50 valence electrons. The molecule has 0 N–H and O–H groups in total. The van der Waals surface area contributed by atoms with E-state index in [0.717, 1.165) is 0 Å². The summed E-state index contributed by atoms with van der Waals surface area (Å²) in [6, 6.07) is 0. The molecule has 0 heteroatoms. The second-order valence-electron chi connectivity index (χ2n) is 2.48. The fourth-order valence-electron chi connectivity index (χ4n) is 1.45. The zero-order valence-electron chi connectivity index (χ0n) is 6.28. The van der Waals surface area contributed by atoms with Crippen LogP contribution >= 0.6 is 0 Å². The Bertz CT molecular complexity index is 131. The Morgan fingerprint density at radius 2 is 1.44 bits per heavy atom. The molecule has 0 aromatic rings. The van der Waals surface area contributed by atoms with Crippen LogP contribution in [0.2, 0.25) is 0 Å². The Hall–Kier alpha value is -0.520. The standard InChI is InChI=1S/C9H14/c1-3-8-6-5-7-9(8)4-2/h3-4H,5-7H2,1-2H3. The Labute approximate surface area is 57.3 Å². The van der Waals surface area contributed by atoms with Crippen LogP contribution in [0.1, 0.15) is 33.1 Å². The maximum absolute atomic E-state index is 2.24. The lowest BCUT2D eigenvalue weighted by atomic mass is 10.1. The summed E-state index contributed by atoms with van der Waals surface area (Å²) < 4.78 is 0. The van der Waals surface area contributed by atoms with Gasteiger partial charge in [0.25, 0.3) is 0 Å². The highest BCUT2D eigenvalue weighted by Crippen LogP contribution is 2.29. The quantitative estimate of drug-likeness (QED) is 0.463. The largest absolute Gasteiger partial charge is 0.0842 e. The fraction of sp³-hybridized carbons (Fsp3) is 0.556. The molecule has 0 amide bonds. The third-order valence-corrected chi connectivity index (χ3v) is 2.00. The molecule has 0 unspecified atom stereocenters. The molecule has 0 aliphatic heterocycles. The van der Waals surface area contributed by atoms with Gasteiger partial charge in [-0.3, -0.25) is 0 Å². The first-order valence-electron chi connectivity index (χ1n) is 3.69. The highest BCUT2D eigenvalue weighted by molar-refractivity contribution is 5.33. The van der Waals surface area contributed by atoms with E-state index in [4.69, 9.17) is 0 Å². The highest BCUT2D eigenvalue weighted by Gasteiger charge is 2.09. The van der Waals surface area contributed by atoms with Crippen molar-refractivity contribution in [1.29, 1.82) is 0 Å². The van der Waals surface area contributed by atoms with Gasteiger partial charge in [0.2, 0.25) is 0 Å². The predicted molar refractivity (Wildman–Crippen MR) is 41.4 cm³/mol. The molecule has 1 aliphatic carbocycles. The number of allylic oxidation sites excluding steroid dienone is 4. The second-order valence-corrected chi connectivity index (χ2v) is 2.48. The maximum atomic E-state index is 2.24. The molecule has 0 aromatic carbocycles. The van der Waals surface area contributed by atoms with Crippen LogP contribution in [0.4, 0.5) is 0 Å². The Kier molecular flexibility index (Phi) is 2.10. The van der Waals surface area contributed by atoms with Crippen LogP contribution in [-0.4, -0.2) is 0 Å². The van der Waals surface area contributed by atoms with Gasteiger partial charge in [-0.25, -0.2) is 0 Å². The molecule has 1 aliphatic rings. The molecule has 1 rings (SSSR count). The van der Waals surface area contributed by atoms with E-state index in [1.807, 2.05) is 0 Å². The molecule has 0 saturated heterocycles. The minimum absolute atomic E-state index is 1.30. The first kappa shape index (κ1) is 6.60. The fourth-order valence-corrected chi connectivity index (χ4v) is 1.45. The Balaban J connectivity index is 2.75. The number of hydrogen-bond donors (Lipinski definition) is 0. The minimum atomic E-state index is 1.30. The van der Waals surface area contributed by atoms with E-state index in [2.05, 4.69) is 26.0 Å². The van der Waals surface area contributed by atoms with Crippen LogP contribution in [0.5, 0.6) is 0 Å². The first-order valence-corrected chi connectivity index (χ1v) is 3.69. The van der Waals surface area contributed by atoms with Crippen molar-refractivity contribution < 1.29 is 0 Å². The normalized spacial score (nSPS) is 28.2. The molecule has 0 bridgehead atoms. The molecule has 0 atom stereocenters. The van der Waals surface area contributed by atoms with E-state index in [1.54, 1.807) is 11.1 Å². The van der Waals surface area contributed by atoms with Crippen LogP contribution in [0.25, 0.3) is 0 Å². The first-order chi connectivity index (χ1) is 4.38. The Morgan fingerprint density at radius 3 is 1.78 bits per heavy atom. The summed E-state index contributed by atoms with van der Waals surface area (Å²) in [6.07, 6.45) is 8.44. The average molecular weight is 122 g/mol. The highest BCUT2D eigenvalue weighted by atomic mass is 14.1. The summed E-state index contributed by atoms with van der Waals surface area (Å²) in [5.41, 5.74) is 3.13. The SMILES string of the molecule is CC=C1CCCC1=CC. The average Bonchev–Trinajstić information content (AvgIpc) is 2.33. The van der Waals surface area contributed by atoms with Crippen LogP contribution in [0.15, 0.2) is 23.3 Å².